The molecule has 0 radical (unpaired) electrons. The summed E-state index contributed by atoms with van der Waals surface area (Å²) >= 11 is 6.21. The van der Waals surface area contributed by atoms with E-state index in [2.05, 4.69) is 34.0 Å². The molecule has 17 heavy (non-hydrogen) atoms. The molecule has 1 N–H and O–H groups in total. The van der Waals surface area contributed by atoms with Crippen molar-refractivity contribution in [2.45, 2.75) is 32.7 Å². The Hall–Kier alpha value is -1.03. The van der Waals surface area contributed by atoms with Gasteiger partial charge in [0.15, 0.2) is 5.82 Å². The second-order valence-corrected chi connectivity index (χ2v) is 5.17. The van der Waals surface area contributed by atoms with E-state index in [0.717, 1.165) is 12.4 Å². The Kier molecular flexibility index (Phi) is 3.72. The first-order valence-corrected chi connectivity index (χ1v) is 6.48. The van der Waals surface area contributed by atoms with Gasteiger partial charge in [0.2, 0.25) is 5.95 Å². The number of nitrogens with one attached hydrogen (secondary N) is 1. The minimum Gasteiger partial charge on any atom is -0.357 e. The van der Waals surface area contributed by atoms with E-state index in [4.69, 9.17) is 11.6 Å². The van der Waals surface area contributed by atoms with Gasteiger partial charge in [-0.25, -0.2) is 4.98 Å². The quantitative estimate of drug-likeness (QED) is 0.901. The molecule has 1 saturated heterocycles. The van der Waals surface area contributed by atoms with Crippen LogP contribution in [0.4, 0.5) is 11.8 Å². The molecule has 0 spiro atoms. The molecule has 1 atom stereocenters. The van der Waals surface area contributed by atoms with Gasteiger partial charge in [0.25, 0.3) is 0 Å². The van der Waals surface area contributed by atoms with Gasteiger partial charge in [-0.3, -0.25) is 0 Å². The highest BCUT2D eigenvalue weighted by atomic mass is 35.5. The second kappa shape index (κ2) is 5.08. The molecule has 0 amide bonds. The van der Waals surface area contributed by atoms with Gasteiger partial charge in [-0.15, -0.1) is 0 Å². The maximum Gasteiger partial charge on any atom is 0.224 e. The van der Waals surface area contributed by atoms with Crippen molar-refractivity contribution in [2.75, 3.05) is 23.8 Å². The normalized spacial score (nSPS) is 20.1. The Morgan fingerprint density at radius 2 is 2.29 bits per heavy atom. The number of nitrogens with zero attached hydrogens (tertiary/aromatic N) is 3. The van der Waals surface area contributed by atoms with E-state index in [1.807, 2.05) is 7.05 Å². The fourth-order valence-electron chi connectivity index (χ4n) is 2.43. The van der Waals surface area contributed by atoms with Crippen molar-refractivity contribution in [1.29, 1.82) is 0 Å². The number of hydrogen-bond acceptors (Lipinski definition) is 4. The SMILES string of the molecule is CNc1ncc(Cl)c(N2CCCC2C(C)C)n1. The summed E-state index contributed by atoms with van der Waals surface area (Å²) in [7, 11) is 1.82. The minimum atomic E-state index is 0.534. The average molecular weight is 255 g/mol. The van der Waals surface area contributed by atoms with E-state index in [1.165, 1.54) is 12.8 Å². The molecule has 0 aromatic carbocycles. The van der Waals surface area contributed by atoms with Gasteiger partial charge in [0.1, 0.15) is 5.02 Å². The van der Waals surface area contributed by atoms with Crippen molar-refractivity contribution in [3.8, 4) is 0 Å². The van der Waals surface area contributed by atoms with Crippen LogP contribution in [0.5, 0.6) is 0 Å². The first-order chi connectivity index (χ1) is 8.13. The lowest BCUT2D eigenvalue weighted by atomic mass is 10.0. The van der Waals surface area contributed by atoms with Crippen molar-refractivity contribution in [2.24, 2.45) is 5.92 Å². The molecule has 1 aliphatic heterocycles. The fraction of sp³-hybridized carbons (Fsp3) is 0.667. The Morgan fingerprint density at radius 1 is 1.53 bits per heavy atom. The van der Waals surface area contributed by atoms with Crippen LogP contribution in [0.25, 0.3) is 0 Å². The van der Waals surface area contributed by atoms with Gasteiger partial charge in [0, 0.05) is 19.6 Å². The maximum atomic E-state index is 6.21. The van der Waals surface area contributed by atoms with Gasteiger partial charge >= 0.3 is 0 Å². The number of rotatable bonds is 3. The van der Waals surface area contributed by atoms with E-state index >= 15 is 0 Å². The highest BCUT2D eigenvalue weighted by molar-refractivity contribution is 6.32. The molecule has 2 rings (SSSR count). The Bertz CT molecular complexity index is 394. The average Bonchev–Trinajstić information content (AvgIpc) is 2.78. The summed E-state index contributed by atoms with van der Waals surface area (Å²) in [5, 5.41) is 3.59. The third-order valence-corrected chi connectivity index (χ3v) is 3.56. The van der Waals surface area contributed by atoms with Crippen molar-refractivity contribution in [1.82, 2.24) is 9.97 Å². The topological polar surface area (TPSA) is 41.1 Å². The largest absolute Gasteiger partial charge is 0.357 e. The van der Waals surface area contributed by atoms with Crippen LogP contribution < -0.4 is 10.2 Å². The van der Waals surface area contributed by atoms with Crippen molar-refractivity contribution in [3.05, 3.63) is 11.2 Å². The van der Waals surface area contributed by atoms with Crippen LogP contribution in [-0.4, -0.2) is 29.6 Å². The molecule has 0 aliphatic carbocycles. The summed E-state index contributed by atoms with van der Waals surface area (Å²) in [6, 6.07) is 0.534. The maximum absolute atomic E-state index is 6.21. The van der Waals surface area contributed by atoms with Crippen molar-refractivity contribution >= 4 is 23.4 Å². The molecule has 2 heterocycles. The van der Waals surface area contributed by atoms with Gasteiger partial charge in [-0.1, -0.05) is 25.4 Å². The number of halogens is 1. The monoisotopic (exact) mass is 254 g/mol. The lowest BCUT2D eigenvalue weighted by Crippen LogP contribution is -2.34. The minimum absolute atomic E-state index is 0.534. The molecule has 1 aromatic heterocycles. The van der Waals surface area contributed by atoms with Gasteiger partial charge in [0.05, 0.1) is 6.20 Å². The van der Waals surface area contributed by atoms with Crippen molar-refractivity contribution < 1.29 is 0 Å². The summed E-state index contributed by atoms with van der Waals surface area (Å²) in [5.41, 5.74) is 0. The highest BCUT2D eigenvalue weighted by Gasteiger charge is 2.29. The van der Waals surface area contributed by atoms with Crippen LogP contribution in [0.2, 0.25) is 5.02 Å². The smallest absolute Gasteiger partial charge is 0.224 e. The lowest BCUT2D eigenvalue weighted by Gasteiger charge is -2.29. The summed E-state index contributed by atoms with van der Waals surface area (Å²) in [6.07, 6.45) is 4.09. The van der Waals surface area contributed by atoms with Crippen LogP contribution in [0.15, 0.2) is 6.20 Å². The molecule has 1 aliphatic rings. The van der Waals surface area contributed by atoms with E-state index in [1.54, 1.807) is 6.20 Å². The van der Waals surface area contributed by atoms with Gasteiger partial charge in [-0.05, 0) is 18.8 Å². The standard InChI is InChI=1S/C12H19ClN4/c1-8(2)10-5-4-6-17(10)11-9(13)7-15-12(14-3)16-11/h7-8,10H,4-6H2,1-3H3,(H,14,15,16). The predicted molar refractivity (Wildman–Crippen MR) is 71.8 cm³/mol. The van der Waals surface area contributed by atoms with Crippen LogP contribution in [0, 0.1) is 5.92 Å². The first kappa shape index (κ1) is 12.4. The van der Waals surface area contributed by atoms with Crippen LogP contribution in [0.1, 0.15) is 26.7 Å². The molecule has 0 saturated carbocycles. The molecular formula is C12H19ClN4. The van der Waals surface area contributed by atoms with Gasteiger partial charge < -0.3 is 10.2 Å². The Balaban J connectivity index is 2.32. The summed E-state index contributed by atoms with van der Waals surface area (Å²) in [5.74, 6) is 2.10. The third-order valence-electron chi connectivity index (χ3n) is 3.29. The van der Waals surface area contributed by atoms with E-state index in [-0.39, 0.29) is 0 Å². The van der Waals surface area contributed by atoms with Crippen molar-refractivity contribution in [3.63, 3.8) is 0 Å². The zero-order valence-corrected chi connectivity index (χ0v) is 11.3. The highest BCUT2D eigenvalue weighted by Crippen LogP contribution is 2.33. The van der Waals surface area contributed by atoms with E-state index in [9.17, 15) is 0 Å². The summed E-state index contributed by atoms with van der Waals surface area (Å²) in [4.78, 5) is 10.9. The molecule has 1 unspecified atom stereocenters. The van der Waals surface area contributed by atoms with Crippen LogP contribution in [0.3, 0.4) is 0 Å². The summed E-state index contributed by atoms with van der Waals surface area (Å²) < 4.78 is 0. The summed E-state index contributed by atoms with van der Waals surface area (Å²) in [6.45, 7) is 5.52. The molecule has 4 nitrogen and oxygen atoms in total. The predicted octanol–water partition coefficient (Wildman–Crippen LogP) is 2.80. The third kappa shape index (κ3) is 2.46. The lowest BCUT2D eigenvalue weighted by molar-refractivity contribution is 0.489. The van der Waals surface area contributed by atoms with E-state index in [0.29, 0.717) is 22.9 Å². The second-order valence-electron chi connectivity index (χ2n) is 4.76. The zero-order valence-electron chi connectivity index (χ0n) is 10.6. The first-order valence-electron chi connectivity index (χ1n) is 6.10. The number of anilines is 2. The molecule has 94 valence electrons. The Morgan fingerprint density at radius 3 is 2.94 bits per heavy atom. The molecule has 1 aromatic rings. The zero-order chi connectivity index (χ0) is 12.4. The molecule has 0 bridgehead atoms. The number of hydrogen-bond donors (Lipinski definition) is 1. The molecular weight excluding hydrogens is 236 g/mol. The molecule has 1 fully saturated rings. The van der Waals surface area contributed by atoms with Crippen LogP contribution in [-0.2, 0) is 0 Å². The fourth-order valence-corrected chi connectivity index (χ4v) is 2.63. The molecule has 5 heteroatoms. The van der Waals surface area contributed by atoms with E-state index < -0.39 is 0 Å². The van der Waals surface area contributed by atoms with Gasteiger partial charge in [-0.2, -0.15) is 4.98 Å². The van der Waals surface area contributed by atoms with Crippen LogP contribution >= 0.6 is 11.6 Å². The number of aromatic nitrogens is 2. The Labute approximate surface area is 107 Å².